The molecule has 5 rings (SSSR count). The summed E-state index contributed by atoms with van der Waals surface area (Å²) in [5.74, 6) is 0.144. The van der Waals surface area contributed by atoms with Crippen LogP contribution in [0.15, 0.2) is 55.2 Å². The van der Waals surface area contributed by atoms with Crippen molar-refractivity contribution in [2.75, 3.05) is 19.6 Å². The third kappa shape index (κ3) is 3.49. The van der Waals surface area contributed by atoms with Gasteiger partial charge in [-0.05, 0) is 18.4 Å². The molecular formula is C22H23N5O3. The highest BCUT2D eigenvalue weighted by molar-refractivity contribution is 5.84. The molecule has 0 spiro atoms. The van der Waals surface area contributed by atoms with Crippen LogP contribution in [0, 0.1) is 0 Å². The maximum atomic E-state index is 12.8. The van der Waals surface area contributed by atoms with Gasteiger partial charge in [0.1, 0.15) is 13.2 Å². The van der Waals surface area contributed by atoms with Gasteiger partial charge in [-0.2, -0.15) is 0 Å². The normalized spacial score (nSPS) is 21.5. The lowest BCUT2D eigenvalue weighted by molar-refractivity contribution is -0.141. The Bertz CT molecular complexity index is 1070. The number of fused-ring (bicyclic) bond motifs is 2. The van der Waals surface area contributed by atoms with Gasteiger partial charge < -0.3 is 14.0 Å². The van der Waals surface area contributed by atoms with Crippen molar-refractivity contribution in [3.05, 3.63) is 66.5 Å². The van der Waals surface area contributed by atoms with Crippen LogP contribution in [-0.4, -0.2) is 61.8 Å². The summed E-state index contributed by atoms with van der Waals surface area (Å²) < 4.78 is 7.38. The molecule has 2 fully saturated rings. The van der Waals surface area contributed by atoms with Gasteiger partial charge in [0.25, 0.3) is 0 Å². The number of carbonyl (C=O) groups excluding carboxylic acids is 2. The molecule has 2 atom stereocenters. The van der Waals surface area contributed by atoms with E-state index in [-0.39, 0.29) is 31.0 Å². The third-order valence-electron chi connectivity index (χ3n) is 6.01. The van der Waals surface area contributed by atoms with E-state index in [0.29, 0.717) is 13.1 Å². The van der Waals surface area contributed by atoms with Crippen LogP contribution in [0.4, 0.5) is 4.79 Å². The largest absolute Gasteiger partial charge is 0.445 e. The van der Waals surface area contributed by atoms with Crippen LogP contribution in [0.2, 0.25) is 0 Å². The Morgan fingerprint density at radius 2 is 2.03 bits per heavy atom. The highest BCUT2D eigenvalue weighted by Gasteiger charge is 2.40. The molecular weight excluding hydrogens is 382 g/mol. The molecule has 2 unspecified atom stereocenters. The van der Waals surface area contributed by atoms with Crippen LogP contribution in [0.25, 0.3) is 5.52 Å². The van der Waals surface area contributed by atoms with Crippen LogP contribution >= 0.6 is 0 Å². The zero-order chi connectivity index (χ0) is 20.5. The number of nitrogens with zero attached hydrogens (tertiary/aromatic N) is 5. The highest BCUT2D eigenvalue weighted by atomic mass is 16.6. The number of aromatic nitrogens is 3. The molecule has 2 aliphatic heterocycles. The van der Waals surface area contributed by atoms with Crippen molar-refractivity contribution in [2.24, 2.45) is 0 Å². The molecule has 1 aromatic carbocycles. The number of hydrogen-bond acceptors (Lipinski definition) is 5. The summed E-state index contributed by atoms with van der Waals surface area (Å²) in [7, 11) is 0. The molecule has 0 radical (unpaired) electrons. The van der Waals surface area contributed by atoms with E-state index in [1.54, 1.807) is 12.5 Å². The lowest BCUT2D eigenvalue weighted by Crippen LogP contribution is -2.60. The van der Waals surface area contributed by atoms with Gasteiger partial charge in [0.05, 0.1) is 23.7 Å². The average Bonchev–Trinajstić information content (AvgIpc) is 3.22. The fourth-order valence-corrected chi connectivity index (χ4v) is 4.44. The molecule has 154 valence electrons. The molecule has 8 heteroatoms. The first-order valence-corrected chi connectivity index (χ1v) is 10.2. The van der Waals surface area contributed by atoms with Crippen LogP contribution in [0.3, 0.4) is 0 Å². The van der Waals surface area contributed by atoms with E-state index in [4.69, 9.17) is 4.74 Å². The number of benzene rings is 1. The van der Waals surface area contributed by atoms with Crippen molar-refractivity contribution in [2.45, 2.75) is 31.4 Å². The predicted molar refractivity (Wildman–Crippen MR) is 109 cm³/mol. The van der Waals surface area contributed by atoms with Gasteiger partial charge in [0.15, 0.2) is 0 Å². The van der Waals surface area contributed by atoms with E-state index >= 15 is 0 Å². The topological polar surface area (TPSA) is 80.0 Å². The molecule has 0 bridgehead atoms. The zero-order valence-corrected chi connectivity index (χ0v) is 16.6. The molecule has 0 saturated carbocycles. The molecule has 0 N–H and O–H groups in total. The van der Waals surface area contributed by atoms with Gasteiger partial charge in [-0.15, -0.1) is 0 Å². The Hall–Kier alpha value is -3.42. The fourth-order valence-electron chi connectivity index (χ4n) is 4.44. The first kappa shape index (κ1) is 18.6. The maximum absolute atomic E-state index is 12.8. The summed E-state index contributed by atoms with van der Waals surface area (Å²) in [5.41, 5.74) is 2.90. The predicted octanol–water partition coefficient (Wildman–Crippen LogP) is 2.46. The lowest BCUT2D eigenvalue weighted by Gasteiger charge is -2.45. The first-order valence-electron chi connectivity index (χ1n) is 10.2. The van der Waals surface area contributed by atoms with Gasteiger partial charge >= 0.3 is 6.09 Å². The van der Waals surface area contributed by atoms with Gasteiger partial charge in [0.2, 0.25) is 5.91 Å². The van der Waals surface area contributed by atoms with Gasteiger partial charge in [-0.25, -0.2) is 9.78 Å². The second-order valence-corrected chi connectivity index (χ2v) is 7.89. The smallest absolute Gasteiger partial charge is 0.410 e. The van der Waals surface area contributed by atoms with Crippen LogP contribution in [-0.2, 0) is 16.1 Å². The van der Waals surface area contributed by atoms with Crippen LogP contribution in [0.5, 0.6) is 0 Å². The number of imidazole rings is 1. The average molecular weight is 405 g/mol. The molecule has 2 amide bonds. The Kier molecular flexibility index (Phi) is 4.82. The lowest BCUT2D eigenvalue weighted by atomic mass is 9.88. The van der Waals surface area contributed by atoms with E-state index in [1.165, 1.54) is 4.90 Å². The van der Waals surface area contributed by atoms with E-state index in [1.807, 2.05) is 52.0 Å². The Labute approximate surface area is 174 Å². The molecule has 3 aromatic rings. The molecule has 2 saturated heterocycles. The minimum atomic E-state index is -0.430. The SMILES string of the molecule is O=C(OCc1ccccc1)N1CC(=O)N2CC(c3ncn4ccncc34)CCC2C1. The minimum absolute atomic E-state index is 0.0266. The zero-order valence-electron chi connectivity index (χ0n) is 16.6. The summed E-state index contributed by atoms with van der Waals surface area (Å²) in [5, 5.41) is 0. The van der Waals surface area contributed by atoms with Crippen LogP contribution in [0.1, 0.15) is 30.0 Å². The quantitative estimate of drug-likeness (QED) is 0.669. The van der Waals surface area contributed by atoms with Gasteiger partial charge in [-0.3, -0.25) is 14.7 Å². The highest BCUT2D eigenvalue weighted by Crippen LogP contribution is 2.33. The summed E-state index contributed by atoms with van der Waals surface area (Å²) >= 11 is 0. The molecule has 30 heavy (non-hydrogen) atoms. The van der Waals surface area contributed by atoms with E-state index < -0.39 is 6.09 Å². The number of piperazine rings is 1. The van der Waals surface area contributed by atoms with Crippen molar-refractivity contribution in [1.82, 2.24) is 24.2 Å². The summed E-state index contributed by atoms with van der Waals surface area (Å²) in [6.45, 7) is 1.40. The van der Waals surface area contributed by atoms with Crippen molar-refractivity contribution in [3.8, 4) is 0 Å². The molecule has 4 heterocycles. The summed E-state index contributed by atoms with van der Waals surface area (Å²) in [6.07, 6.45) is 8.54. The van der Waals surface area contributed by atoms with E-state index in [2.05, 4.69) is 9.97 Å². The monoisotopic (exact) mass is 405 g/mol. The van der Waals surface area contributed by atoms with Gasteiger partial charge in [0, 0.05) is 37.4 Å². The van der Waals surface area contributed by atoms with Crippen molar-refractivity contribution < 1.29 is 14.3 Å². The fraction of sp³-hybridized carbons (Fsp3) is 0.364. The first-order chi connectivity index (χ1) is 14.7. The number of piperidine rings is 1. The Balaban J connectivity index is 1.23. The van der Waals surface area contributed by atoms with Gasteiger partial charge in [-0.1, -0.05) is 30.3 Å². The second-order valence-electron chi connectivity index (χ2n) is 7.89. The standard InChI is InChI=1S/C22H23N5O3/c28-20-13-26(22(29)30-14-16-4-2-1-3-5-16)12-18-7-6-17(11-27(18)20)21-19-10-23-8-9-25(19)15-24-21/h1-5,8-10,15,17-18H,6-7,11-14H2. The van der Waals surface area contributed by atoms with E-state index in [9.17, 15) is 9.59 Å². The second kappa shape index (κ2) is 7.78. The molecule has 2 aromatic heterocycles. The molecule has 8 nitrogen and oxygen atoms in total. The van der Waals surface area contributed by atoms with E-state index in [0.717, 1.165) is 29.6 Å². The van der Waals surface area contributed by atoms with Crippen molar-refractivity contribution in [3.63, 3.8) is 0 Å². The number of carbonyl (C=O) groups is 2. The van der Waals surface area contributed by atoms with Crippen molar-refractivity contribution >= 4 is 17.5 Å². The molecule has 2 aliphatic rings. The minimum Gasteiger partial charge on any atom is -0.445 e. The maximum Gasteiger partial charge on any atom is 0.410 e. The number of ether oxygens (including phenoxy) is 1. The Morgan fingerprint density at radius 1 is 1.17 bits per heavy atom. The van der Waals surface area contributed by atoms with Crippen LogP contribution < -0.4 is 0 Å². The molecule has 0 aliphatic carbocycles. The third-order valence-corrected chi connectivity index (χ3v) is 6.01. The van der Waals surface area contributed by atoms with Crippen molar-refractivity contribution in [1.29, 1.82) is 0 Å². The number of rotatable bonds is 3. The Morgan fingerprint density at radius 3 is 2.90 bits per heavy atom. The number of amides is 2. The number of hydrogen-bond donors (Lipinski definition) is 0. The summed E-state index contributed by atoms with van der Waals surface area (Å²) in [6, 6.07) is 9.58. The summed E-state index contributed by atoms with van der Waals surface area (Å²) in [4.78, 5) is 37.6.